The number of azide groups is 1. The third-order valence-corrected chi connectivity index (χ3v) is 4.96. The summed E-state index contributed by atoms with van der Waals surface area (Å²) in [6, 6.07) is 7.35. The van der Waals surface area contributed by atoms with E-state index in [-0.39, 0.29) is 6.04 Å². The average molecular weight is 332 g/mol. The van der Waals surface area contributed by atoms with Crippen molar-refractivity contribution in [2.24, 2.45) is 10.1 Å². The molecule has 0 aliphatic carbocycles. The predicted octanol–water partition coefficient (Wildman–Crippen LogP) is 5.03. The summed E-state index contributed by atoms with van der Waals surface area (Å²) >= 11 is 7.95. The Morgan fingerprint density at radius 3 is 2.95 bits per heavy atom. The lowest BCUT2D eigenvalue weighted by molar-refractivity contribution is 0.580. The second-order valence-electron chi connectivity index (χ2n) is 5.08. The number of amidine groups is 1. The van der Waals surface area contributed by atoms with Crippen LogP contribution in [0.5, 0.6) is 0 Å². The van der Waals surface area contributed by atoms with Crippen molar-refractivity contribution in [2.75, 3.05) is 6.54 Å². The molecule has 1 aromatic carbocycles. The molecular formula is C15H14ClN5S. The molecule has 22 heavy (non-hydrogen) atoms. The quantitative estimate of drug-likeness (QED) is 0.443. The molecule has 1 unspecified atom stereocenters. The summed E-state index contributed by atoms with van der Waals surface area (Å²) in [5.74, 6) is 0. The first-order valence-corrected chi connectivity index (χ1v) is 8.09. The first-order chi connectivity index (χ1) is 10.6. The molecule has 0 bridgehead atoms. The van der Waals surface area contributed by atoms with Gasteiger partial charge in [0.2, 0.25) is 0 Å². The summed E-state index contributed by atoms with van der Waals surface area (Å²) < 4.78 is 0. The van der Waals surface area contributed by atoms with Crippen LogP contribution in [0.15, 0.2) is 51.2 Å². The van der Waals surface area contributed by atoms with Gasteiger partial charge in [0.25, 0.3) is 0 Å². The van der Waals surface area contributed by atoms with E-state index >= 15 is 0 Å². The standard InChI is InChI=1S/C15H14ClN5S/c1-9-8-22-15-18-14(10(2)19-20-17)12(7-21(9)15)11-5-3-4-6-13(11)16/h3-6,8,10H,7H2,1-2H3. The van der Waals surface area contributed by atoms with E-state index < -0.39 is 0 Å². The second-order valence-corrected chi connectivity index (χ2v) is 6.33. The van der Waals surface area contributed by atoms with E-state index in [4.69, 9.17) is 22.1 Å². The highest BCUT2D eigenvalue weighted by atomic mass is 35.5. The topological polar surface area (TPSA) is 64.4 Å². The molecule has 5 nitrogen and oxygen atoms in total. The number of aliphatic imine (C=N–C) groups is 1. The molecule has 0 aromatic heterocycles. The van der Waals surface area contributed by atoms with Crippen molar-refractivity contribution in [1.29, 1.82) is 0 Å². The van der Waals surface area contributed by atoms with Gasteiger partial charge >= 0.3 is 0 Å². The number of hydrogen-bond donors (Lipinski definition) is 0. The number of rotatable bonds is 3. The molecule has 0 N–H and O–H groups in total. The van der Waals surface area contributed by atoms with Crippen LogP contribution in [-0.4, -0.2) is 22.7 Å². The van der Waals surface area contributed by atoms with E-state index in [9.17, 15) is 0 Å². The molecule has 112 valence electrons. The second kappa shape index (κ2) is 6.08. The number of nitrogens with zero attached hydrogens (tertiary/aromatic N) is 5. The van der Waals surface area contributed by atoms with E-state index in [2.05, 4.69) is 27.3 Å². The molecular weight excluding hydrogens is 318 g/mol. The number of benzene rings is 1. The monoisotopic (exact) mass is 331 g/mol. The van der Waals surface area contributed by atoms with Gasteiger partial charge in [-0.05, 0) is 29.5 Å². The highest BCUT2D eigenvalue weighted by Crippen LogP contribution is 2.38. The van der Waals surface area contributed by atoms with E-state index in [0.717, 1.165) is 27.7 Å². The zero-order valence-corrected chi connectivity index (χ0v) is 13.8. The zero-order valence-electron chi connectivity index (χ0n) is 12.2. The summed E-state index contributed by atoms with van der Waals surface area (Å²) in [5, 5.41) is 7.48. The van der Waals surface area contributed by atoms with Crippen LogP contribution in [0.2, 0.25) is 5.02 Å². The zero-order chi connectivity index (χ0) is 15.7. The van der Waals surface area contributed by atoms with Gasteiger partial charge in [-0.25, -0.2) is 4.99 Å². The number of fused-ring (bicyclic) bond motifs is 1. The average Bonchev–Trinajstić information content (AvgIpc) is 2.88. The molecule has 2 aliphatic rings. The third kappa shape index (κ3) is 2.61. The highest BCUT2D eigenvalue weighted by molar-refractivity contribution is 8.16. The molecule has 1 aromatic rings. The van der Waals surface area contributed by atoms with E-state index in [1.807, 2.05) is 31.2 Å². The minimum Gasteiger partial charge on any atom is -0.320 e. The summed E-state index contributed by atoms with van der Waals surface area (Å²) in [6.07, 6.45) is 0. The van der Waals surface area contributed by atoms with Crippen LogP contribution in [-0.2, 0) is 0 Å². The minimum atomic E-state index is -0.340. The molecule has 0 saturated carbocycles. The Balaban J connectivity index is 2.15. The van der Waals surface area contributed by atoms with Crippen LogP contribution in [0.4, 0.5) is 0 Å². The van der Waals surface area contributed by atoms with Gasteiger partial charge < -0.3 is 4.90 Å². The third-order valence-electron chi connectivity index (χ3n) is 3.65. The highest BCUT2D eigenvalue weighted by Gasteiger charge is 2.29. The van der Waals surface area contributed by atoms with Crippen LogP contribution < -0.4 is 0 Å². The van der Waals surface area contributed by atoms with E-state index in [1.54, 1.807) is 11.8 Å². The van der Waals surface area contributed by atoms with Gasteiger partial charge in [-0.2, -0.15) is 0 Å². The normalized spacial score (nSPS) is 18.4. The summed E-state index contributed by atoms with van der Waals surface area (Å²) in [5.41, 5.74) is 12.6. The maximum atomic E-state index is 8.74. The molecule has 1 atom stereocenters. The molecule has 3 rings (SSSR count). The first kappa shape index (κ1) is 15.0. The van der Waals surface area contributed by atoms with Gasteiger partial charge in [-0.3, -0.25) is 0 Å². The van der Waals surface area contributed by atoms with Gasteiger partial charge in [0.15, 0.2) is 5.17 Å². The lowest BCUT2D eigenvalue weighted by atomic mass is 9.99. The fourth-order valence-electron chi connectivity index (χ4n) is 2.51. The van der Waals surface area contributed by atoms with E-state index in [0.29, 0.717) is 11.6 Å². The molecule has 0 saturated heterocycles. The molecule has 7 heteroatoms. The Kier molecular flexibility index (Phi) is 4.16. The van der Waals surface area contributed by atoms with Crippen LogP contribution >= 0.6 is 23.4 Å². The molecule has 0 amide bonds. The van der Waals surface area contributed by atoms with Gasteiger partial charge in [0.05, 0.1) is 18.3 Å². The predicted molar refractivity (Wildman–Crippen MR) is 92.5 cm³/mol. The van der Waals surface area contributed by atoms with Gasteiger partial charge in [-0.15, -0.1) is 0 Å². The molecule has 0 spiro atoms. The number of allylic oxidation sites excluding steroid dienone is 1. The lowest BCUT2D eigenvalue weighted by Crippen LogP contribution is -2.30. The Bertz CT molecular complexity index is 761. The largest absolute Gasteiger partial charge is 0.320 e. The van der Waals surface area contributed by atoms with Crippen LogP contribution in [0.1, 0.15) is 19.4 Å². The van der Waals surface area contributed by atoms with Gasteiger partial charge in [0, 0.05) is 21.2 Å². The molecule has 0 fully saturated rings. The van der Waals surface area contributed by atoms with Crippen LogP contribution in [0.3, 0.4) is 0 Å². The lowest BCUT2D eigenvalue weighted by Gasteiger charge is -2.29. The number of hydrogen-bond acceptors (Lipinski definition) is 4. The minimum absolute atomic E-state index is 0.340. The van der Waals surface area contributed by atoms with Crippen molar-refractivity contribution in [2.45, 2.75) is 19.9 Å². The van der Waals surface area contributed by atoms with Crippen molar-refractivity contribution in [1.82, 2.24) is 4.90 Å². The van der Waals surface area contributed by atoms with Crippen molar-refractivity contribution < 1.29 is 0 Å². The van der Waals surface area contributed by atoms with Crippen LogP contribution in [0, 0.1) is 0 Å². The summed E-state index contributed by atoms with van der Waals surface area (Å²) in [6.45, 7) is 4.59. The van der Waals surface area contributed by atoms with Crippen molar-refractivity contribution in [3.8, 4) is 0 Å². The Morgan fingerprint density at radius 1 is 1.45 bits per heavy atom. The SMILES string of the molecule is CC1=CSC2=NC(C(C)N=[N+]=[N-])=C(c3ccccc3Cl)CN12. The molecule has 0 radical (unpaired) electrons. The first-order valence-electron chi connectivity index (χ1n) is 6.83. The smallest absolute Gasteiger partial charge is 0.173 e. The maximum absolute atomic E-state index is 8.74. The summed E-state index contributed by atoms with van der Waals surface area (Å²) in [7, 11) is 0. The van der Waals surface area contributed by atoms with E-state index in [1.165, 1.54) is 0 Å². The Morgan fingerprint density at radius 2 is 2.23 bits per heavy atom. The van der Waals surface area contributed by atoms with Crippen molar-refractivity contribution >= 4 is 34.1 Å². The van der Waals surface area contributed by atoms with Crippen molar-refractivity contribution in [3.63, 3.8) is 0 Å². The van der Waals surface area contributed by atoms with Gasteiger partial charge in [0.1, 0.15) is 0 Å². The molecule has 2 heterocycles. The Hall–Kier alpha value is -1.88. The number of halogens is 1. The molecule has 2 aliphatic heterocycles. The van der Waals surface area contributed by atoms with Crippen molar-refractivity contribution in [3.05, 3.63) is 62.1 Å². The Labute approximate surface area is 138 Å². The summed E-state index contributed by atoms with van der Waals surface area (Å²) in [4.78, 5) is 9.79. The van der Waals surface area contributed by atoms with Crippen LogP contribution in [0.25, 0.3) is 16.0 Å². The maximum Gasteiger partial charge on any atom is 0.173 e. The fraction of sp³-hybridized carbons (Fsp3) is 0.267. The fourth-order valence-corrected chi connectivity index (χ4v) is 3.65. The number of thioether (sulfide) groups is 1. The van der Waals surface area contributed by atoms with Gasteiger partial charge in [-0.1, -0.05) is 53.6 Å².